The van der Waals surface area contributed by atoms with Crippen molar-refractivity contribution in [1.29, 1.82) is 0 Å². The highest BCUT2D eigenvalue weighted by Gasteiger charge is 2.14. The van der Waals surface area contributed by atoms with Crippen LogP contribution >= 0.6 is 0 Å². The van der Waals surface area contributed by atoms with E-state index in [9.17, 15) is 0 Å². The minimum Gasteiger partial charge on any atom is -0.330 e. The maximum Gasteiger partial charge on any atom is 0.0570 e. The Balaban J connectivity index is 2.06. The topological polar surface area (TPSA) is 63.8 Å². The second kappa shape index (κ2) is 10.3. The van der Waals surface area contributed by atoms with Crippen LogP contribution in [0, 0.1) is 12.8 Å². The molecule has 0 bridgehead atoms. The van der Waals surface area contributed by atoms with Crippen LogP contribution in [-0.4, -0.2) is 22.6 Å². The summed E-state index contributed by atoms with van der Waals surface area (Å²) < 4.78 is 0. The number of aromatic nitrogens is 2. The summed E-state index contributed by atoms with van der Waals surface area (Å²) >= 11 is 0. The number of aryl methyl sites for hydroxylation is 1. The van der Waals surface area contributed by atoms with Crippen molar-refractivity contribution in [1.82, 2.24) is 15.3 Å². The van der Waals surface area contributed by atoms with Crippen LogP contribution in [0.3, 0.4) is 0 Å². The average molecular weight is 341 g/mol. The van der Waals surface area contributed by atoms with Gasteiger partial charge in [0.25, 0.3) is 0 Å². The predicted molar refractivity (Wildman–Crippen MR) is 104 cm³/mol. The summed E-state index contributed by atoms with van der Waals surface area (Å²) in [5, 5.41) is 3.68. The van der Waals surface area contributed by atoms with Crippen molar-refractivity contribution in [2.24, 2.45) is 11.7 Å². The van der Waals surface area contributed by atoms with E-state index in [1.165, 1.54) is 16.8 Å². The SMILES string of the molecule is Cc1cccnc1CNC(CCCN)Cc1ncccc1CC(C)C. The van der Waals surface area contributed by atoms with Crippen molar-refractivity contribution in [3.05, 3.63) is 59.2 Å². The lowest BCUT2D eigenvalue weighted by atomic mass is 9.96. The lowest BCUT2D eigenvalue weighted by Crippen LogP contribution is -2.32. The highest BCUT2D eigenvalue weighted by molar-refractivity contribution is 5.22. The molecular weight excluding hydrogens is 308 g/mol. The van der Waals surface area contributed by atoms with Crippen LogP contribution in [0.2, 0.25) is 0 Å². The molecule has 0 aliphatic carbocycles. The third-order valence-corrected chi connectivity index (χ3v) is 4.49. The zero-order valence-corrected chi connectivity index (χ0v) is 15.8. The van der Waals surface area contributed by atoms with Crippen molar-refractivity contribution in [2.45, 2.75) is 59.0 Å². The molecule has 4 heteroatoms. The standard InChI is InChI=1S/C21H32N4/c1-16(2)13-18-8-6-12-23-20(18)14-19(9-4-10-22)25-15-21-17(3)7-5-11-24-21/h5-8,11-12,16,19,25H,4,9-10,13-15,22H2,1-3H3. The summed E-state index contributed by atoms with van der Waals surface area (Å²) in [6.07, 6.45) is 7.85. The summed E-state index contributed by atoms with van der Waals surface area (Å²) in [4.78, 5) is 9.16. The van der Waals surface area contributed by atoms with Crippen LogP contribution in [0.1, 0.15) is 49.2 Å². The summed E-state index contributed by atoms with van der Waals surface area (Å²) in [5.74, 6) is 0.634. The van der Waals surface area contributed by atoms with Gasteiger partial charge < -0.3 is 11.1 Å². The molecule has 4 nitrogen and oxygen atoms in total. The monoisotopic (exact) mass is 340 g/mol. The van der Waals surface area contributed by atoms with Crippen LogP contribution in [-0.2, 0) is 19.4 Å². The Morgan fingerprint density at radius 1 is 1.04 bits per heavy atom. The lowest BCUT2D eigenvalue weighted by molar-refractivity contribution is 0.456. The number of pyridine rings is 2. The fourth-order valence-electron chi connectivity index (χ4n) is 3.10. The van der Waals surface area contributed by atoms with Gasteiger partial charge in [0.15, 0.2) is 0 Å². The van der Waals surface area contributed by atoms with E-state index in [0.717, 1.165) is 44.5 Å². The van der Waals surface area contributed by atoms with Gasteiger partial charge in [-0.2, -0.15) is 0 Å². The number of nitrogens with one attached hydrogen (secondary N) is 1. The molecule has 0 fully saturated rings. The molecule has 0 aromatic carbocycles. The van der Waals surface area contributed by atoms with Gasteiger partial charge in [0.05, 0.1) is 5.69 Å². The molecule has 136 valence electrons. The first-order valence-electron chi connectivity index (χ1n) is 9.36. The Labute approximate surface area is 152 Å². The molecule has 1 atom stereocenters. The van der Waals surface area contributed by atoms with Crippen molar-refractivity contribution in [3.8, 4) is 0 Å². The number of hydrogen-bond donors (Lipinski definition) is 2. The zero-order valence-electron chi connectivity index (χ0n) is 15.8. The van der Waals surface area contributed by atoms with Crippen LogP contribution in [0.4, 0.5) is 0 Å². The molecular formula is C21H32N4. The summed E-state index contributed by atoms with van der Waals surface area (Å²) in [5.41, 5.74) is 10.7. The van der Waals surface area contributed by atoms with Crippen LogP contribution in [0.5, 0.6) is 0 Å². The van der Waals surface area contributed by atoms with Crippen LogP contribution in [0.25, 0.3) is 0 Å². The smallest absolute Gasteiger partial charge is 0.0570 e. The zero-order chi connectivity index (χ0) is 18.1. The van der Waals surface area contributed by atoms with Gasteiger partial charge in [-0.3, -0.25) is 9.97 Å². The Kier molecular flexibility index (Phi) is 8.02. The highest BCUT2D eigenvalue weighted by Crippen LogP contribution is 2.15. The Morgan fingerprint density at radius 2 is 1.76 bits per heavy atom. The molecule has 2 rings (SSSR count). The summed E-state index contributed by atoms with van der Waals surface area (Å²) in [6, 6.07) is 8.71. The Hall–Kier alpha value is -1.78. The molecule has 3 N–H and O–H groups in total. The molecule has 2 aromatic rings. The minimum absolute atomic E-state index is 0.366. The van der Waals surface area contributed by atoms with Gasteiger partial charge in [-0.25, -0.2) is 0 Å². The van der Waals surface area contributed by atoms with Gasteiger partial charge in [-0.05, 0) is 61.9 Å². The van der Waals surface area contributed by atoms with E-state index < -0.39 is 0 Å². The average Bonchev–Trinajstić information content (AvgIpc) is 2.59. The molecule has 0 aliphatic heterocycles. The van der Waals surface area contributed by atoms with E-state index in [0.29, 0.717) is 12.0 Å². The third kappa shape index (κ3) is 6.56. The second-order valence-corrected chi connectivity index (χ2v) is 7.19. The number of hydrogen-bond acceptors (Lipinski definition) is 4. The van der Waals surface area contributed by atoms with E-state index in [1.807, 2.05) is 24.5 Å². The van der Waals surface area contributed by atoms with Crippen molar-refractivity contribution >= 4 is 0 Å². The minimum atomic E-state index is 0.366. The van der Waals surface area contributed by atoms with Crippen LogP contribution < -0.4 is 11.1 Å². The van der Waals surface area contributed by atoms with Gasteiger partial charge in [0.1, 0.15) is 0 Å². The van der Waals surface area contributed by atoms with Gasteiger partial charge in [-0.1, -0.05) is 26.0 Å². The predicted octanol–water partition coefficient (Wildman–Crippen LogP) is 3.42. The van der Waals surface area contributed by atoms with E-state index in [1.54, 1.807) is 0 Å². The maximum absolute atomic E-state index is 5.74. The van der Waals surface area contributed by atoms with E-state index in [-0.39, 0.29) is 0 Å². The molecule has 2 aromatic heterocycles. The van der Waals surface area contributed by atoms with E-state index in [4.69, 9.17) is 5.73 Å². The van der Waals surface area contributed by atoms with E-state index in [2.05, 4.69) is 48.2 Å². The van der Waals surface area contributed by atoms with Gasteiger partial charge in [0, 0.05) is 37.1 Å². The second-order valence-electron chi connectivity index (χ2n) is 7.19. The van der Waals surface area contributed by atoms with Crippen molar-refractivity contribution in [2.75, 3.05) is 6.54 Å². The first kappa shape index (κ1) is 19.5. The number of nitrogens with zero attached hydrogens (tertiary/aromatic N) is 2. The maximum atomic E-state index is 5.74. The molecule has 0 spiro atoms. The Bertz CT molecular complexity index is 639. The number of nitrogens with two attached hydrogens (primary N) is 1. The van der Waals surface area contributed by atoms with Crippen LogP contribution in [0.15, 0.2) is 36.7 Å². The van der Waals surface area contributed by atoms with Gasteiger partial charge >= 0.3 is 0 Å². The van der Waals surface area contributed by atoms with Crippen molar-refractivity contribution in [3.63, 3.8) is 0 Å². The summed E-state index contributed by atoms with van der Waals surface area (Å²) in [6.45, 7) is 8.13. The van der Waals surface area contributed by atoms with Gasteiger partial charge in [0.2, 0.25) is 0 Å². The Morgan fingerprint density at radius 3 is 2.44 bits per heavy atom. The first-order chi connectivity index (χ1) is 12.1. The lowest BCUT2D eigenvalue weighted by Gasteiger charge is -2.20. The van der Waals surface area contributed by atoms with Gasteiger partial charge in [-0.15, -0.1) is 0 Å². The molecule has 0 saturated carbocycles. The quantitative estimate of drug-likeness (QED) is 0.695. The first-order valence-corrected chi connectivity index (χ1v) is 9.36. The molecule has 0 radical (unpaired) electrons. The molecule has 25 heavy (non-hydrogen) atoms. The molecule has 2 heterocycles. The van der Waals surface area contributed by atoms with E-state index >= 15 is 0 Å². The largest absolute Gasteiger partial charge is 0.330 e. The molecule has 0 aliphatic rings. The normalized spacial score (nSPS) is 12.5. The molecule has 0 amide bonds. The number of rotatable bonds is 10. The highest BCUT2D eigenvalue weighted by atomic mass is 14.9. The third-order valence-electron chi connectivity index (χ3n) is 4.49. The summed E-state index contributed by atoms with van der Waals surface area (Å²) in [7, 11) is 0. The fourth-order valence-corrected chi connectivity index (χ4v) is 3.10. The molecule has 0 saturated heterocycles. The van der Waals surface area contributed by atoms with Crippen molar-refractivity contribution < 1.29 is 0 Å². The molecule has 1 unspecified atom stereocenters. The fraction of sp³-hybridized carbons (Fsp3) is 0.524.